The summed E-state index contributed by atoms with van der Waals surface area (Å²) in [5.74, 6) is 0. The van der Waals surface area contributed by atoms with Crippen molar-refractivity contribution in [3.8, 4) is 0 Å². The Balaban J connectivity index is 1.88. The lowest BCUT2D eigenvalue weighted by molar-refractivity contribution is -0.139. The molecule has 0 radical (unpaired) electrons. The van der Waals surface area contributed by atoms with Crippen LogP contribution in [-0.2, 0) is 6.54 Å². The molecule has 0 unspecified atom stereocenters. The van der Waals surface area contributed by atoms with Gasteiger partial charge in [0, 0.05) is 26.9 Å². The van der Waals surface area contributed by atoms with Crippen LogP contribution in [0.4, 0.5) is 18.9 Å². The number of nitrogens with one attached hydrogen (secondary N) is 1. The number of hydrogen-bond donors (Lipinski definition) is 1. The summed E-state index contributed by atoms with van der Waals surface area (Å²) in [6, 6.07) is 5.97. The van der Waals surface area contributed by atoms with Gasteiger partial charge in [0.1, 0.15) is 6.54 Å². The Bertz CT molecular complexity index is 688. The summed E-state index contributed by atoms with van der Waals surface area (Å²) in [6.07, 6.45) is -0.595. The zero-order valence-corrected chi connectivity index (χ0v) is 15.0. The number of benzene rings is 1. The third-order valence-corrected chi connectivity index (χ3v) is 4.90. The molecule has 1 aliphatic heterocycles. The van der Waals surface area contributed by atoms with Gasteiger partial charge in [0.25, 0.3) is 0 Å². The molecule has 0 bridgehead atoms. The van der Waals surface area contributed by atoms with Gasteiger partial charge in [0.05, 0.1) is 5.52 Å². The van der Waals surface area contributed by atoms with Gasteiger partial charge in [-0.1, -0.05) is 0 Å². The summed E-state index contributed by atoms with van der Waals surface area (Å²) in [6.45, 7) is 1.13. The zero-order valence-electron chi connectivity index (χ0n) is 12.8. The number of anilines is 1. The van der Waals surface area contributed by atoms with E-state index in [2.05, 4.69) is 39.9 Å². The molecule has 0 spiro atoms. The van der Waals surface area contributed by atoms with E-state index in [0.29, 0.717) is 11.6 Å². The maximum Gasteiger partial charge on any atom is 0.406 e. The van der Waals surface area contributed by atoms with E-state index in [1.807, 2.05) is 12.1 Å². The molecule has 7 heteroatoms. The van der Waals surface area contributed by atoms with Crippen LogP contribution >= 0.6 is 22.6 Å². The second-order valence-electron chi connectivity index (χ2n) is 6.17. The first kappa shape index (κ1) is 16.9. The van der Waals surface area contributed by atoms with Crippen molar-refractivity contribution in [3.05, 3.63) is 28.0 Å². The van der Waals surface area contributed by atoms with Crippen molar-refractivity contribution in [2.75, 3.05) is 25.5 Å². The standard InChI is InChI=1S/C16H19F3IN3/c1-22-5-2-12(3-6-22)21-14-8-11(20)9-15-13(14)4-7-23(15)10-16(17,18)19/h4,7-9,12,21H,2-3,5-6,10H2,1H3. The number of hydrogen-bond acceptors (Lipinski definition) is 2. The van der Waals surface area contributed by atoms with Crippen molar-refractivity contribution in [1.29, 1.82) is 0 Å². The molecule has 0 amide bonds. The van der Waals surface area contributed by atoms with Crippen molar-refractivity contribution in [3.63, 3.8) is 0 Å². The average molecular weight is 437 g/mol. The molecule has 0 atom stereocenters. The van der Waals surface area contributed by atoms with E-state index < -0.39 is 12.7 Å². The monoisotopic (exact) mass is 437 g/mol. The van der Waals surface area contributed by atoms with Gasteiger partial charge in [0.2, 0.25) is 0 Å². The second-order valence-corrected chi connectivity index (χ2v) is 7.41. The van der Waals surface area contributed by atoms with Crippen LogP contribution in [0.15, 0.2) is 24.4 Å². The fraction of sp³-hybridized carbons (Fsp3) is 0.500. The van der Waals surface area contributed by atoms with Crippen LogP contribution < -0.4 is 5.32 Å². The summed E-state index contributed by atoms with van der Waals surface area (Å²) in [5, 5.41) is 4.39. The number of piperidine rings is 1. The average Bonchev–Trinajstić information content (AvgIpc) is 2.82. The Labute approximate surface area is 147 Å². The van der Waals surface area contributed by atoms with E-state index in [9.17, 15) is 13.2 Å². The third-order valence-electron chi connectivity index (χ3n) is 4.28. The van der Waals surface area contributed by atoms with E-state index in [1.54, 1.807) is 6.07 Å². The second kappa shape index (κ2) is 6.51. The minimum Gasteiger partial charge on any atom is -0.382 e. The lowest BCUT2D eigenvalue weighted by Gasteiger charge is -2.30. The van der Waals surface area contributed by atoms with Crippen LogP contribution in [0.3, 0.4) is 0 Å². The van der Waals surface area contributed by atoms with Gasteiger partial charge >= 0.3 is 6.18 Å². The first-order valence-electron chi connectivity index (χ1n) is 7.62. The van der Waals surface area contributed by atoms with Gasteiger partial charge in [-0.25, -0.2) is 0 Å². The molecular weight excluding hydrogens is 418 g/mol. The molecule has 3 nitrogen and oxygen atoms in total. The molecular formula is C16H19F3IN3. The van der Waals surface area contributed by atoms with Crippen LogP contribution in [0.1, 0.15) is 12.8 Å². The number of alkyl halides is 3. The number of fused-ring (bicyclic) bond motifs is 1. The van der Waals surface area contributed by atoms with Crippen molar-refractivity contribution in [2.45, 2.75) is 31.6 Å². The fourth-order valence-electron chi connectivity index (χ4n) is 3.08. The summed E-state index contributed by atoms with van der Waals surface area (Å²) < 4.78 is 40.4. The topological polar surface area (TPSA) is 20.2 Å². The van der Waals surface area contributed by atoms with Gasteiger partial charge in [-0.15, -0.1) is 0 Å². The van der Waals surface area contributed by atoms with E-state index in [4.69, 9.17) is 0 Å². The molecule has 23 heavy (non-hydrogen) atoms. The predicted molar refractivity (Wildman–Crippen MR) is 94.9 cm³/mol. The zero-order chi connectivity index (χ0) is 16.6. The molecule has 1 saturated heterocycles. The summed E-state index contributed by atoms with van der Waals surface area (Å²) in [4.78, 5) is 2.29. The largest absolute Gasteiger partial charge is 0.406 e. The Morgan fingerprint density at radius 3 is 2.61 bits per heavy atom. The minimum atomic E-state index is -4.21. The molecule has 1 fully saturated rings. The highest BCUT2D eigenvalue weighted by Crippen LogP contribution is 2.31. The van der Waals surface area contributed by atoms with E-state index in [-0.39, 0.29) is 0 Å². The maximum absolute atomic E-state index is 12.7. The van der Waals surface area contributed by atoms with Crippen LogP contribution in [0.2, 0.25) is 0 Å². The lowest BCUT2D eigenvalue weighted by atomic mass is 10.0. The van der Waals surface area contributed by atoms with E-state index >= 15 is 0 Å². The van der Waals surface area contributed by atoms with Gasteiger partial charge in [0.15, 0.2) is 0 Å². The molecule has 1 aliphatic rings. The number of aromatic nitrogens is 1. The highest BCUT2D eigenvalue weighted by atomic mass is 127. The first-order valence-corrected chi connectivity index (χ1v) is 8.70. The van der Waals surface area contributed by atoms with Crippen LogP contribution in [0, 0.1) is 3.57 Å². The third kappa shape index (κ3) is 4.12. The summed E-state index contributed by atoms with van der Waals surface area (Å²) in [7, 11) is 2.11. The summed E-state index contributed by atoms with van der Waals surface area (Å²) in [5.41, 5.74) is 1.56. The van der Waals surface area contributed by atoms with E-state index in [1.165, 1.54) is 10.8 Å². The Hall–Kier alpha value is -0.960. The van der Waals surface area contributed by atoms with Crippen LogP contribution in [0.5, 0.6) is 0 Å². The van der Waals surface area contributed by atoms with Crippen molar-refractivity contribution < 1.29 is 13.2 Å². The first-order chi connectivity index (χ1) is 10.8. The van der Waals surface area contributed by atoms with Crippen LogP contribution in [0.25, 0.3) is 10.9 Å². The quantitative estimate of drug-likeness (QED) is 0.723. The predicted octanol–water partition coefficient (Wildman–Crippen LogP) is 4.31. The number of nitrogens with zero attached hydrogens (tertiary/aromatic N) is 2. The van der Waals surface area contributed by atoms with Gasteiger partial charge in [-0.05, 0) is 73.8 Å². The van der Waals surface area contributed by atoms with Crippen molar-refractivity contribution >= 4 is 39.2 Å². The highest BCUT2D eigenvalue weighted by molar-refractivity contribution is 14.1. The Morgan fingerprint density at radius 2 is 1.96 bits per heavy atom. The lowest BCUT2D eigenvalue weighted by Crippen LogP contribution is -2.36. The normalized spacial score (nSPS) is 17.8. The highest BCUT2D eigenvalue weighted by Gasteiger charge is 2.28. The van der Waals surface area contributed by atoms with Crippen LogP contribution in [-0.4, -0.2) is 41.8 Å². The van der Waals surface area contributed by atoms with Gasteiger partial charge in [-0.2, -0.15) is 13.2 Å². The molecule has 0 saturated carbocycles. The molecule has 1 N–H and O–H groups in total. The molecule has 1 aromatic carbocycles. The van der Waals surface area contributed by atoms with Crippen molar-refractivity contribution in [2.24, 2.45) is 0 Å². The molecule has 3 rings (SSSR count). The Kier molecular flexibility index (Phi) is 4.78. The van der Waals surface area contributed by atoms with Gasteiger partial charge in [-0.3, -0.25) is 0 Å². The number of likely N-dealkylation sites (tertiary alicyclic amines) is 1. The molecule has 0 aliphatic carbocycles. The molecule has 2 heterocycles. The Morgan fingerprint density at radius 1 is 1.26 bits per heavy atom. The molecule has 1 aromatic heterocycles. The maximum atomic E-state index is 12.7. The number of rotatable bonds is 3. The molecule has 126 valence electrons. The van der Waals surface area contributed by atoms with E-state index in [0.717, 1.165) is 40.6 Å². The smallest absolute Gasteiger partial charge is 0.382 e. The number of halogens is 4. The van der Waals surface area contributed by atoms with Gasteiger partial charge < -0.3 is 14.8 Å². The molecule has 2 aromatic rings. The fourth-order valence-corrected chi connectivity index (χ4v) is 3.69. The summed E-state index contributed by atoms with van der Waals surface area (Å²) >= 11 is 2.16. The van der Waals surface area contributed by atoms with Crippen molar-refractivity contribution in [1.82, 2.24) is 9.47 Å². The minimum absolute atomic E-state index is 0.374. The SMILES string of the molecule is CN1CCC(Nc2cc(I)cc3c2ccn3CC(F)(F)F)CC1.